The van der Waals surface area contributed by atoms with Crippen LogP contribution in [-0.4, -0.2) is 27.9 Å². The quantitative estimate of drug-likeness (QED) is 0.739. The van der Waals surface area contributed by atoms with Crippen molar-refractivity contribution in [1.29, 1.82) is 0 Å². The fourth-order valence-corrected chi connectivity index (χ4v) is 2.65. The third-order valence-corrected chi connectivity index (χ3v) is 3.87. The van der Waals surface area contributed by atoms with Crippen LogP contribution < -0.4 is 16.0 Å². The molecule has 0 amide bonds. The van der Waals surface area contributed by atoms with Gasteiger partial charge in [0.05, 0.1) is 17.4 Å². The van der Waals surface area contributed by atoms with Gasteiger partial charge in [-0.15, -0.1) is 0 Å². The number of pyridine rings is 1. The number of hydrogen-bond donors (Lipinski definition) is 1. The van der Waals surface area contributed by atoms with Gasteiger partial charge in [0.15, 0.2) is 0 Å². The minimum absolute atomic E-state index is 0.0252. The molecule has 0 spiro atoms. The van der Waals surface area contributed by atoms with E-state index >= 15 is 0 Å². The first-order valence-corrected chi connectivity index (χ1v) is 8.59. The third kappa shape index (κ3) is 3.81. The zero-order valence-corrected chi connectivity index (χ0v) is 14.9. The molecule has 0 aliphatic rings. The zero-order valence-electron chi connectivity index (χ0n) is 14.9. The molecule has 26 heavy (non-hydrogen) atoms. The number of rotatable bonds is 6. The summed E-state index contributed by atoms with van der Waals surface area (Å²) in [7, 11) is 0. The number of nitrogens with zero attached hydrogens (tertiary/aromatic N) is 3. The second-order valence-corrected chi connectivity index (χ2v) is 6.14. The number of ether oxygens (including phenoxy) is 1. The minimum Gasteiger partial charge on any atom is -0.476 e. The highest BCUT2D eigenvalue weighted by Gasteiger charge is 2.14. The van der Waals surface area contributed by atoms with Crippen molar-refractivity contribution in [3.63, 3.8) is 0 Å². The summed E-state index contributed by atoms with van der Waals surface area (Å²) < 4.78 is 7.05. The topological polar surface area (TPSA) is 83.0 Å². The van der Waals surface area contributed by atoms with E-state index in [1.54, 1.807) is 12.1 Å². The SMILES string of the molecule is CC(C)n1nc(-c2ccc(OCCN)nc2-c2ccccc2)ccc1=O. The molecule has 0 bridgehead atoms. The van der Waals surface area contributed by atoms with Crippen molar-refractivity contribution >= 4 is 0 Å². The number of benzene rings is 1. The van der Waals surface area contributed by atoms with Crippen LogP contribution in [0.25, 0.3) is 22.5 Å². The maximum atomic E-state index is 12.0. The molecule has 0 aliphatic heterocycles. The average Bonchev–Trinajstić information content (AvgIpc) is 2.67. The van der Waals surface area contributed by atoms with Crippen LogP contribution in [-0.2, 0) is 0 Å². The molecular formula is C20H22N4O2. The summed E-state index contributed by atoms with van der Waals surface area (Å²) in [6.45, 7) is 4.68. The van der Waals surface area contributed by atoms with Crippen molar-refractivity contribution in [2.45, 2.75) is 19.9 Å². The molecule has 6 nitrogen and oxygen atoms in total. The van der Waals surface area contributed by atoms with Crippen molar-refractivity contribution in [1.82, 2.24) is 14.8 Å². The molecule has 2 heterocycles. The Balaban J connectivity index is 2.15. The molecule has 2 N–H and O–H groups in total. The van der Waals surface area contributed by atoms with Crippen LogP contribution >= 0.6 is 0 Å². The molecule has 3 aromatic rings. The lowest BCUT2D eigenvalue weighted by Crippen LogP contribution is -2.24. The Morgan fingerprint density at radius 1 is 1.08 bits per heavy atom. The van der Waals surface area contributed by atoms with Gasteiger partial charge in [0, 0.05) is 29.8 Å². The highest BCUT2D eigenvalue weighted by atomic mass is 16.5. The predicted octanol–water partition coefficient (Wildman–Crippen LogP) is 2.89. The van der Waals surface area contributed by atoms with Crippen LogP contribution in [0.2, 0.25) is 0 Å². The van der Waals surface area contributed by atoms with E-state index in [0.717, 1.165) is 16.8 Å². The molecule has 0 aliphatic carbocycles. The fourth-order valence-electron chi connectivity index (χ4n) is 2.65. The van der Waals surface area contributed by atoms with Gasteiger partial charge < -0.3 is 10.5 Å². The second-order valence-electron chi connectivity index (χ2n) is 6.14. The Bertz CT molecular complexity index is 936. The van der Waals surface area contributed by atoms with Crippen LogP contribution in [0.5, 0.6) is 5.88 Å². The number of hydrogen-bond acceptors (Lipinski definition) is 5. The molecule has 0 unspecified atom stereocenters. The van der Waals surface area contributed by atoms with E-state index < -0.39 is 0 Å². The predicted molar refractivity (Wildman–Crippen MR) is 102 cm³/mol. The Kier molecular flexibility index (Phi) is 5.43. The van der Waals surface area contributed by atoms with Crippen molar-refractivity contribution in [3.05, 3.63) is 65.0 Å². The molecule has 6 heteroatoms. The summed E-state index contributed by atoms with van der Waals surface area (Å²) >= 11 is 0. The fraction of sp³-hybridized carbons (Fsp3) is 0.250. The smallest absolute Gasteiger partial charge is 0.267 e. The van der Waals surface area contributed by atoms with Crippen LogP contribution in [0.4, 0.5) is 0 Å². The van der Waals surface area contributed by atoms with Gasteiger partial charge in [0.1, 0.15) is 6.61 Å². The van der Waals surface area contributed by atoms with Gasteiger partial charge >= 0.3 is 0 Å². The zero-order chi connectivity index (χ0) is 18.5. The van der Waals surface area contributed by atoms with Crippen LogP contribution in [0.15, 0.2) is 59.4 Å². The lowest BCUT2D eigenvalue weighted by molar-refractivity contribution is 0.316. The van der Waals surface area contributed by atoms with E-state index in [1.807, 2.05) is 50.2 Å². The molecule has 2 aromatic heterocycles. The first-order valence-electron chi connectivity index (χ1n) is 8.59. The monoisotopic (exact) mass is 350 g/mol. The van der Waals surface area contributed by atoms with Crippen LogP contribution in [0, 0.1) is 0 Å². The second kappa shape index (κ2) is 7.93. The van der Waals surface area contributed by atoms with Crippen LogP contribution in [0.3, 0.4) is 0 Å². The van der Waals surface area contributed by atoms with E-state index in [1.165, 1.54) is 10.7 Å². The van der Waals surface area contributed by atoms with Gasteiger partial charge in [-0.05, 0) is 26.0 Å². The summed E-state index contributed by atoms with van der Waals surface area (Å²) in [5.74, 6) is 0.509. The summed E-state index contributed by atoms with van der Waals surface area (Å²) in [4.78, 5) is 16.7. The normalized spacial score (nSPS) is 10.9. The third-order valence-electron chi connectivity index (χ3n) is 3.87. The number of aromatic nitrogens is 3. The Hall–Kier alpha value is -2.99. The minimum atomic E-state index is -0.124. The Morgan fingerprint density at radius 2 is 1.85 bits per heavy atom. The standard InChI is InChI=1S/C20H22N4O2/c1-14(2)24-19(25)11-9-17(23-24)16-8-10-18(26-13-12-21)22-20(16)15-6-4-3-5-7-15/h3-11,14H,12-13,21H2,1-2H3. The van der Waals surface area contributed by atoms with Gasteiger partial charge in [-0.2, -0.15) is 5.10 Å². The number of nitrogens with two attached hydrogens (primary N) is 1. The van der Waals surface area contributed by atoms with Gasteiger partial charge in [-0.25, -0.2) is 9.67 Å². The molecule has 134 valence electrons. The van der Waals surface area contributed by atoms with Gasteiger partial charge in [-0.3, -0.25) is 4.79 Å². The highest BCUT2D eigenvalue weighted by Crippen LogP contribution is 2.31. The lowest BCUT2D eigenvalue weighted by Gasteiger charge is -2.14. The average molecular weight is 350 g/mol. The van der Waals surface area contributed by atoms with Crippen molar-refractivity contribution in [2.75, 3.05) is 13.2 Å². The Labute approximate surface area is 152 Å². The van der Waals surface area contributed by atoms with Gasteiger partial charge in [0.2, 0.25) is 5.88 Å². The van der Waals surface area contributed by atoms with E-state index in [0.29, 0.717) is 24.7 Å². The van der Waals surface area contributed by atoms with Gasteiger partial charge in [0.25, 0.3) is 5.56 Å². The molecular weight excluding hydrogens is 328 g/mol. The van der Waals surface area contributed by atoms with Crippen LogP contribution in [0.1, 0.15) is 19.9 Å². The van der Waals surface area contributed by atoms with E-state index in [4.69, 9.17) is 10.5 Å². The van der Waals surface area contributed by atoms with E-state index in [2.05, 4.69) is 10.1 Å². The molecule has 3 rings (SSSR count). The van der Waals surface area contributed by atoms with E-state index in [-0.39, 0.29) is 11.6 Å². The molecule has 0 saturated heterocycles. The largest absolute Gasteiger partial charge is 0.476 e. The summed E-state index contributed by atoms with van der Waals surface area (Å²) in [5, 5.41) is 4.52. The Morgan fingerprint density at radius 3 is 2.54 bits per heavy atom. The van der Waals surface area contributed by atoms with E-state index in [9.17, 15) is 4.79 Å². The molecule has 0 radical (unpaired) electrons. The first-order chi connectivity index (χ1) is 12.6. The first kappa shape index (κ1) is 17.8. The summed E-state index contributed by atoms with van der Waals surface area (Å²) in [5.41, 5.74) is 8.62. The van der Waals surface area contributed by atoms with Crippen molar-refractivity contribution in [3.8, 4) is 28.4 Å². The molecule has 0 fully saturated rings. The maximum Gasteiger partial charge on any atom is 0.267 e. The maximum absolute atomic E-state index is 12.0. The van der Waals surface area contributed by atoms with Crippen molar-refractivity contribution in [2.24, 2.45) is 5.73 Å². The van der Waals surface area contributed by atoms with Gasteiger partial charge in [-0.1, -0.05) is 30.3 Å². The molecule has 1 aromatic carbocycles. The molecule has 0 saturated carbocycles. The molecule has 0 atom stereocenters. The summed E-state index contributed by atoms with van der Waals surface area (Å²) in [6.07, 6.45) is 0. The lowest BCUT2D eigenvalue weighted by atomic mass is 10.0. The van der Waals surface area contributed by atoms with Crippen molar-refractivity contribution < 1.29 is 4.74 Å². The highest BCUT2D eigenvalue weighted by molar-refractivity contribution is 5.79. The summed E-state index contributed by atoms with van der Waals surface area (Å²) in [6, 6.07) is 16.8.